The number of benzene rings is 2. The van der Waals surface area contributed by atoms with Crippen LogP contribution >= 0.6 is 0 Å². The van der Waals surface area contributed by atoms with Crippen molar-refractivity contribution in [3.63, 3.8) is 0 Å². The molecule has 0 fully saturated rings. The van der Waals surface area contributed by atoms with Crippen LogP contribution in [0.4, 0.5) is 26.3 Å². The largest absolute Gasteiger partial charge is 0.485 e. The van der Waals surface area contributed by atoms with E-state index >= 15 is 0 Å². The number of hydrogen-bond donors (Lipinski definition) is 1. The molecule has 1 aromatic heterocycles. The highest BCUT2D eigenvalue weighted by molar-refractivity contribution is 5.76. The number of carboxylic acid groups (broad SMARTS) is 1. The van der Waals surface area contributed by atoms with Gasteiger partial charge in [0.15, 0.2) is 12.2 Å². The van der Waals surface area contributed by atoms with E-state index in [2.05, 4.69) is 10.1 Å². The van der Waals surface area contributed by atoms with Crippen molar-refractivity contribution in [2.24, 2.45) is 0 Å². The average molecular weight is 490 g/mol. The second kappa shape index (κ2) is 8.88. The summed E-state index contributed by atoms with van der Waals surface area (Å²) in [6.07, 6.45) is -10.0. The summed E-state index contributed by atoms with van der Waals surface area (Å²) in [5, 5.41) is 12.6. The Morgan fingerprint density at radius 1 is 0.941 bits per heavy atom. The third-order valence-electron chi connectivity index (χ3n) is 4.38. The summed E-state index contributed by atoms with van der Waals surface area (Å²) in [6.45, 7) is 2.43. The Morgan fingerprint density at radius 2 is 1.47 bits per heavy atom. The zero-order chi connectivity index (χ0) is 25.3. The fourth-order valence-corrected chi connectivity index (χ4v) is 2.60. The first-order chi connectivity index (χ1) is 15.6. The van der Waals surface area contributed by atoms with E-state index in [0.717, 1.165) is 0 Å². The maximum atomic E-state index is 13.0. The van der Waals surface area contributed by atoms with Crippen LogP contribution in [0.1, 0.15) is 30.8 Å². The lowest BCUT2D eigenvalue weighted by Crippen LogP contribution is -2.37. The van der Waals surface area contributed by atoms with E-state index in [-0.39, 0.29) is 30.0 Å². The summed E-state index contributed by atoms with van der Waals surface area (Å²) >= 11 is 0. The molecule has 0 atom stereocenters. The summed E-state index contributed by atoms with van der Waals surface area (Å²) in [6, 6.07) is 6.75. The van der Waals surface area contributed by atoms with Gasteiger partial charge in [0.1, 0.15) is 11.5 Å². The Morgan fingerprint density at radius 3 is 1.97 bits per heavy atom. The summed E-state index contributed by atoms with van der Waals surface area (Å²) in [4.78, 5) is 14.9. The summed E-state index contributed by atoms with van der Waals surface area (Å²) in [7, 11) is 0. The first kappa shape index (κ1) is 24.9. The number of alkyl halides is 6. The lowest BCUT2D eigenvalue weighted by molar-refractivity contribution is -0.152. The van der Waals surface area contributed by atoms with Crippen molar-refractivity contribution in [3.8, 4) is 23.0 Å². The monoisotopic (exact) mass is 490 g/mol. The lowest BCUT2D eigenvalue weighted by Gasteiger charge is -2.21. The van der Waals surface area contributed by atoms with Crippen LogP contribution in [0.25, 0.3) is 11.5 Å². The Kier molecular flexibility index (Phi) is 6.49. The smallest absolute Gasteiger partial charge is 0.416 e. The molecular weight excluding hydrogens is 474 g/mol. The molecule has 3 rings (SSSR count). The van der Waals surface area contributed by atoms with Gasteiger partial charge in [-0.05, 0) is 56.3 Å². The van der Waals surface area contributed by atoms with Gasteiger partial charge in [0, 0.05) is 5.56 Å². The van der Waals surface area contributed by atoms with Crippen LogP contribution in [-0.2, 0) is 23.8 Å². The highest BCUT2D eigenvalue weighted by Crippen LogP contribution is 2.38. The van der Waals surface area contributed by atoms with E-state index in [1.54, 1.807) is 0 Å². The van der Waals surface area contributed by atoms with Gasteiger partial charge in [-0.25, -0.2) is 4.79 Å². The van der Waals surface area contributed by atoms with E-state index < -0.39 is 46.5 Å². The number of aliphatic carboxylic acids is 1. The number of rotatable bonds is 7. The number of hydrogen-bond acceptors (Lipinski definition) is 6. The molecule has 0 unspecified atom stereocenters. The fraction of sp³-hybridized carbons (Fsp3) is 0.286. The van der Waals surface area contributed by atoms with Gasteiger partial charge in [0.25, 0.3) is 5.89 Å². The third kappa shape index (κ3) is 5.97. The van der Waals surface area contributed by atoms with E-state index in [1.807, 2.05) is 0 Å². The van der Waals surface area contributed by atoms with Crippen molar-refractivity contribution < 1.29 is 50.2 Å². The van der Waals surface area contributed by atoms with Crippen molar-refractivity contribution in [2.75, 3.05) is 0 Å². The lowest BCUT2D eigenvalue weighted by atomic mass is 10.0. The molecule has 182 valence electrons. The quantitative estimate of drug-likeness (QED) is 0.431. The van der Waals surface area contributed by atoms with Gasteiger partial charge >= 0.3 is 18.3 Å². The predicted octanol–water partition coefficient (Wildman–Crippen LogP) is 5.60. The highest BCUT2D eigenvalue weighted by atomic mass is 19.4. The summed E-state index contributed by atoms with van der Waals surface area (Å²) < 4.78 is 93.8. The van der Waals surface area contributed by atoms with Crippen LogP contribution in [0.3, 0.4) is 0 Å². The molecule has 7 nitrogen and oxygen atoms in total. The highest BCUT2D eigenvalue weighted by Gasteiger charge is 2.37. The molecule has 0 aliphatic carbocycles. The van der Waals surface area contributed by atoms with Crippen molar-refractivity contribution in [2.45, 2.75) is 38.4 Å². The number of halogens is 6. The van der Waals surface area contributed by atoms with Crippen LogP contribution in [-0.4, -0.2) is 26.8 Å². The molecule has 0 aliphatic rings. The number of carboxylic acids is 1. The van der Waals surface area contributed by atoms with Gasteiger partial charge in [-0.2, -0.15) is 31.3 Å². The van der Waals surface area contributed by atoms with E-state index in [1.165, 1.54) is 38.1 Å². The van der Waals surface area contributed by atoms with Gasteiger partial charge in [-0.15, -0.1) is 0 Å². The molecule has 2 aromatic carbocycles. The SMILES string of the molecule is CC(C)(Oc1ccc(OCc2noc(-c3cc(C(F)(F)F)cc(C(F)(F)F)c3)n2)cc1)C(=O)O. The van der Waals surface area contributed by atoms with Crippen LogP contribution in [0.15, 0.2) is 47.0 Å². The minimum Gasteiger partial charge on any atom is -0.485 e. The molecule has 0 spiro atoms. The zero-order valence-electron chi connectivity index (χ0n) is 17.5. The minimum atomic E-state index is -5.02. The molecular formula is C21H16F6N2O5. The van der Waals surface area contributed by atoms with Crippen molar-refractivity contribution >= 4 is 5.97 Å². The molecule has 1 N–H and O–H groups in total. The van der Waals surface area contributed by atoms with Crippen LogP contribution in [0.5, 0.6) is 11.5 Å². The second-order valence-corrected chi connectivity index (χ2v) is 7.49. The molecule has 0 radical (unpaired) electrons. The number of carbonyl (C=O) groups is 1. The van der Waals surface area contributed by atoms with Crippen LogP contribution in [0.2, 0.25) is 0 Å². The Labute approximate surface area is 187 Å². The average Bonchev–Trinajstić information content (AvgIpc) is 3.20. The molecule has 0 saturated carbocycles. The van der Waals surface area contributed by atoms with E-state index in [9.17, 15) is 31.1 Å². The van der Waals surface area contributed by atoms with Crippen molar-refractivity contribution in [1.82, 2.24) is 10.1 Å². The fourth-order valence-electron chi connectivity index (χ4n) is 2.60. The van der Waals surface area contributed by atoms with Crippen LogP contribution < -0.4 is 9.47 Å². The maximum absolute atomic E-state index is 13.0. The van der Waals surface area contributed by atoms with Gasteiger partial charge in [-0.3, -0.25) is 0 Å². The Balaban J connectivity index is 1.73. The number of ether oxygens (including phenoxy) is 2. The standard InChI is InChI=1S/C21H16F6N2O5/c1-19(2,18(30)31)33-15-5-3-14(4-6-15)32-10-16-28-17(34-29-16)11-7-12(20(22,23)24)9-13(8-11)21(25,26)27/h3-9H,10H2,1-2H3,(H,30,31). The second-order valence-electron chi connectivity index (χ2n) is 7.49. The molecule has 0 amide bonds. The molecule has 0 aliphatic heterocycles. The molecule has 0 saturated heterocycles. The van der Waals surface area contributed by atoms with Gasteiger partial charge in [-0.1, -0.05) is 5.16 Å². The molecule has 3 aromatic rings. The number of nitrogens with zero attached hydrogens (tertiary/aromatic N) is 2. The first-order valence-electron chi connectivity index (χ1n) is 9.43. The van der Waals surface area contributed by atoms with Gasteiger partial charge in [0.05, 0.1) is 11.1 Å². The minimum absolute atomic E-state index is 0.00511. The van der Waals surface area contributed by atoms with Gasteiger partial charge < -0.3 is 19.1 Å². The first-order valence-corrected chi connectivity index (χ1v) is 9.43. The maximum Gasteiger partial charge on any atom is 0.416 e. The van der Waals surface area contributed by atoms with Crippen LogP contribution in [0, 0.1) is 0 Å². The molecule has 34 heavy (non-hydrogen) atoms. The van der Waals surface area contributed by atoms with Crippen molar-refractivity contribution in [1.29, 1.82) is 0 Å². The van der Waals surface area contributed by atoms with E-state index in [0.29, 0.717) is 12.1 Å². The summed E-state index contributed by atoms with van der Waals surface area (Å²) in [5.74, 6) is -1.30. The Bertz CT molecular complexity index is 1140. The molecule has 13 heteroatoms. The predicted molar refractivity (Wildman–Crippen MR) is 103 cm³/mol. The van der Waals surface area contributed by atoms with Crippen molar-refractivity contribution in [3.05, 3.63) is 59.4 Å². The Hall–Kier alpha value is -3.77. The topological polar surface area (TPSA) is 94.7 Å². The summed E-state index contributed by atoms with van der Waals surface area (Å²) in [5.41, 5.74) is -5.04. The number of aromatic nitrogens is 2. The normalized spacial score (nSPS) is 12.5. The molecule has 0 bridgehead atoms. The van der Waals surface area contributed by atoms with E-state index in [4.69, 9.17) is 19.1 Å². The zero-order valence-corrected chi connectivity index (χ0v) is 17.5. The van der Waals surface area contributed by atoms with Gasteiger partial charge in [0.2, 0.25) is 5.82 Å². The third-order valence-corrected chi connectivity index (χ3v) is 4.38. The molecule has 1 heterocycles.